The average molecular weight is 882 g/mol. The van der Waals surface area contributed by atoms with Crippen molar-refractivity contribution in [3.8, 4) is 0 Å². The summed E-state index contributed by atoms with van der Waals surface area (Å²) in [4.78, 5) is 0. The molecule has 0 atom stereocenters. The third-order valence-corrected chi connectivity index (χ3v) is 61.6. The fourth-order valence-corrected chi connectivity index (χ4v) is 82.4. The van der Waals surface area contributed by atoms with E-state index in [-0.39, 0.29) is 0 Å². The molecule has 0 saturated carbocycles. The smallest absolute Gasteiger partial charge is 0.322 e. The first kappa shape index (κ1) is 44.2. The third kappa shape index (κ3) is 10.0. The second-order valence-electron chi connectivity index (χ2n) is 16.5. The van der Waals surface area contributed by atoms with Crippen LogP contribution in [0.5, 0.6) is 0 Å². The van der Waals surface area contributed by atoms with Crippen molar-refractivity contribution >= 4 is 68.5 Å². The predicted octanol–water partition coefficient (Wildman–Crippen LogP) is -5.06. The number of hydrogen-bond donors (Lipinski definition) is 8. The topological polar surface area (TPSA) is 295 Å². The van der Waals surface area contributed by atoms with Gasteiger partial charge in [0, 0.05) is 22.7 Å². The Morgan fingerprint density at radius 1 is 0.231 bits per heavy atom. The van der Waals surface area contributed by atoms with Crippen LogP contribution in [0.2, 0.25) is 71.0 Å². The van der Waals surface area contributed by atoms with Crippen LogP contribution in [0.3, 0.4) is 0 Å². The summed E-state index contributed by atoms with van der Waals surface area (Å²) in [5.41, 5.74) is 37.6. The number of quaternary nitrogens is 8. The van der Waals surface area contributed by atoms with Gasteiger partial charge in [0.15, 0.2) is 0 Å². The van der Waals surface area contributed by atoms with Gasteiger partial charge >= 0.3 is 68.5 Å². The van der Waals surface area contributed by atoms with Gasteiger partial charge in [-0.15, -0.1) is 0 Å². The van der Waals surface area contributed by atoms with Gasteiger partial charge in [-0.25, -0.2) is 0 Å². The van der Waals surface area contributed by atoms with Gasteiger partial charge in [0.05, 0.1) is 52.4 Å². The highest BCUT2D eigenvalue weighted by Crippen LogP contribution is 2.58. The zero-order valence-electron chi connectivity index (χ0n) is 32.7. The highest BCUT2D eigenvalue weighted by Gasteiger charge is 2.78. The summed E-state index contributed by atoms with van der Waals surface area (Å²) in [6.07, 6.45) is 7.54. The van der Waals surface area contributed by atoms with Crippen LogP contribution in [-0.2, 0) is 32.9 Å². The summed E-state index contributed by atoms with van der Waals surface area (Å²) in [5, 5.41) is 0. The van der Waals surface area contributed by atoms with E-state index in [9.17, 15) is 0 Å². The minimum absolute atomic E-state index is 0.772. The van der Waals surface area contributed by atoms with Crippen molar-refractivity contribution in [1.29, 1.82) is 0 Å². The molecule has 24 heteroatoms. The summed E-state index contributed by atoms with van der Waals surface area (Å²) < 4.78 is 65.3. The van der Waals surface area contributed by atoms with Crippen molar-refractivity contribution in [1.82, 2.24) is 0 Å². The van der Waals surface area contributed by atoms with Crippen molar-refractivity contribution in [2.24, 2.45) is 0 Å². The van der Waals surface area contributed by atoms with E-state index in [1.165, 1.54) is 0 Å². The van der Waals surface area contributed by atoms with Crippen LogP contribution in [0.25, 0.3) is 0 Å². The molecule has 304 valence electrons. The minimum atomic E-state index is -3.07. The third-order valence-electron chi connectivity index (χ3n) is 11.6. The van der Waals surface area contributed by atoms with E-state index in [0.717, 1.165) is 175 Å². The maximum absolute atomic E-state index is 8.19. The molecule has 16 nitrogen and oxygen atoms in total. The van der Waals surface area contributed by atoms with Gasteiger partial charge < -0.3 is 78.8 Å². The molecule has 6 heterocycles. The van der Waals surface area contributed by atoms with Crippen LogP contribution in [0.15, 0.2) is 0 Å². The lowest BCUT2D eigenvalue weighted by molar-refractivity contribution is -0.368. The first-order valence-electron chi connectivity index (χ1n) is 20.9. The molecule has 6 rings (SSSR count). The zero-order chi connectivity index (χ0) is 37.5. The van der Waals surface area contributed by atoms with Gasteiger partial charge in [-0.2, -0.15) is 0 Å². The van der Waals surface area contributed by atoms with Gasteiger partial charge in [-0.05, 0) is 99.7 Å². The number of rotatable bonds is 24. The van der Waals surface area contributed by atoms with Gasteiger partial charge in [-0.3, -0.25) is 0 Å². The van der Waals surface area contributed by atoms with Crippen LogP contribution < -0.4 is 45.9 Å². The molecule has 24 N–H and O–H groups in total. The molecule has 0 aliphatic carbocycles. The standard InChI is InChI=1S/C28H72N8O8Si8/c29-9-1-17-45-25-46(18-2-10-30)38-49(21-5-13-33)26-47(37-45,19-3-11-31)43-50(22-6-14-34)27-48(41-45,20-4-12-32)39-51(42-46,23-7-15-35)28-52(40-50,44-49)24-8-16-36/h1-36H2/p+8. The van der Waals surface area contributed by atoms with Crippen molar-refractivity contribution < 1.29 is 78.8 Å². The van der Waals surface area contributed by atoms with Crippen LogP contribution in [0.4, 0.5) is 0 Å². The number of hydrogen-bond acceptors (Lipinski definition) is 8. The second-order valence-corrected chi connectivity index (χ2v) is 47.2. The molecule has 0 spiro atoms. The van der Waals surface area contributed by atoms with Crippen molar-refractivity contribution in [2.75, 3.05) is 52.4 Å². The molecule has 52 heavy (non-hydrogen) atoms. The molecule has 0 aromatic heterocycles. The minimum Gasteiger partial charge on any atom is -0.415 e. The van der Waals surface area contributed by atoms with E-state index < -0.39 is 68.5 Å². The molecule has 0 radical (unpaired) electrons. The van der Waals surface area contributed by atoms with Crippen LogP contribution >= 0.6 is 0 Å². The Morgan fingerprint density at radius 3 is 0.442 bits per heavy atom. The van der Waals surface area contributed by atoms with Gasteiger partial charge in [0.1, 0.15) is 0 Å². The Bertz CT molecular complexity index is 829. The maximum Gasteiger partial charge on any atom is 0.322 e. The van der Waals surface area contributed by atoms with E-state index in [0.29, 0.717) is 0 Å². The lowest BCUT2D eigenvalue weighted by atomic mass is 10.5. The average Bonchev–Trinajstić information content (AvgIpc) is 3.08. The molecule has 0 unspecified atom stereocenters. The van der Waals surface area contributed by atoms with Crippen LogP contribution in [0.1, 0.15) is 51.4 Å². The van der Waals surface area contributed by atoms with E-state index in [1.807, 2.05) is 0 Å². The fourth-order valence-electron chi connectivity index (χ4n) is 9.78. The Labute approximate surface area is 320 Å². The molecule has 0 amide bonds. The normalized spacial score (nSPS) is 41.1. The Hall–Kier alpha value is 1.10. The van der Waals surface area contributed by atoms with E-state index in [4.69, 9.17) is 32.9 Å². The predicted molar refractivity (Wildman–Crippen MR) is 211 cm³/mol. The lowest BCUT2D eigenvalue weighted by Gasteiger charge is -2.66. The quantitative estimate of drug-likeness (QED) is 0.0433. The summed E-state index contributed by atoms with van der Waals surface area (Å²) in [6.45, 7) is 6.65. The summed E-state index contributed by atoms with van der Waals surface area (Å²) in [6, 6.07) is 6.93. The monoisotopic (exact) mass is 880 g/mol. The van der Waals surface area contributed by atoms with Gasteiger partial charge in [-0.1, -0.05) is 0 Å². The van der Waals surface area contributed by atoms with Crippen LogP contribution in [0, 0.1) is 0 Å². The first-order chi connectivity index (χ1) is 25.0. The van der Waals surface area contributed by atoms with Crippen LogP contribution in [-0.4, -0.2) is 121 Å². The Balaban J connectivity index is 1.88. The summed E-state index contributed by atoms with van der Waals surface area (Å²) >= 11 is 0. The van der Waals surface area contributed by atoms with Gasteiger partial charge in [0.2, 0.25) is 0 Å². The molecule has 0 aromatic carbocycles. The molecule has 6 aliphatic rings. The lowest BCUT2D eigenvalue weighted by Crippen LogP contribution is -2.85. The summed E-state index contributed by atoms with van der Waals surface area (Å²) in [7, 11) is -24.5. The molecular weight excluding hydrogens is 801 g/mol. The Kier molecular flexibility index (Phi) is 16.0. The van der Waals surface area contributed by atoms with Crippen molar-refractivity contribution in [2.45, 2.75) is 122 Å². The molecular formula is C28H80N8O8Si8+8. The second kappa shape index (κ2) is 18.8. The zero-order valence-corrected chi connectivity index (χ0v) is 40.7. The van der Waals surface area contributed by atoms with Crippen molar-refractivity contribution in [3.05, 3.63) is 0 Å². The maximum atomic E-state index is 8.19. The molecule has 6 aliphatic heterocycles. The van der Waals surface area contributed by atoms with E-state index in [2.05, 4.69) is 45.9 Å². The first-order valence-corrected chi connectivity index (χ1v) is 38.8. The molecule has 6 fully saturated rings. The SMILES string of the molecule is [NH3+]CCC[Si]12C[Si]3(CCC[NH3+])O[Si]4(CCC[NH3+])C[Si]5(CCC[NH3+])O[Si](CCC[NH3+])(C[Si](CCC[NH3+])(O1)O4)O[Si](CCC[NH3+])(C[Si](CCC[NH3+])(O3)O5)O2. The molecule has 6 saturated heterocycles. The van der Waals surface area contributed by atoms with Crippen molar-refractivity contribution in [3.63, 3.8) is 0 Å². The van der Waals surface area contributed by atoms with E-state index in [1.54, 1.807) is 0 Å². The molecule has 0 aromatic rings. The molecule has 8 bridgehead atoms. The summed E-state index contributed by atoms with van der Waals surface area (Å²) in [5.74, 6) is 0. The highest BCUT2D eigenvalue weighted by molar-refractivity contribution is 7.13. The highest BCUT2D eigenvalue weighted by atomic mass is 28.6. The largest absolute Gasteiger partial charge is 0.415 e. The fraction of sp³-hybridized carbons (Fsp3) is 1.00. The van der Waals surface area contributed by atoms with E-state index >= 15 is 0 Å². The van der Waals surface area contributed by atoms with Gasteiger partial charge in [0.25, 0.3) is 0 Å². The Morgan fingerprint density at radius 2 is 0.346 bits per heavy atom.